The second kappa shape index (κ2) is 4.67. The van der Waals surface area contributed by atoms with Crippen LogP contribution in [0, 0.1) is 6.92 Å². The molecule has 2 rings (SSSR count). The van der Waals surface area contributed by atoms with Crippen molar-refractivity contribution in [3.8, 4) is 0 Å². The fourth-order valence-electron chi connectivity index (χ4n) is 1.97. The molecule has 0 radical (unpaired) electrons. The van der Waals surface area contributed by atoms with Crippen molar-refractivity contribution in [1.29, 1.82) is 0 Å². The van der Waals surface area contributed by atoms with Crippen molar-refractivity contribution < 1.29 is 0 Å². The third kappa shape index (κ3) is 2.31. The Kier molecular flexibility index (Phi) is 3.40. The number of aryl methyl sites for hydroxylation is 2. The summed E-state index contributed by atoms with van der Waals surface area (Å²) in [5.41, 5.74) is 3.22. The number of nitrogens with one attached hydrogen (secondary N) is 1. The van der Waals surface area contributed by atoms with Gasteiger partial charge in [0.25, 0.3) is 0 Å². The van der Waals surface area contributed by atoms with Gasteiger partial charge in [-0.15, -0.1) is 0 Å². The highest BCUT2D eigenvalue weighted by Gasteiger charge is 2.11. The lowest BCUT2D eigenvalue weighted by atomic mass is 10.2. The standard InChI is InChI=1S/C13H18ClN3/c1-8(2)15-7-12-16-11-6-5-10(14)9(3)13(11)17(12)4/h5-6,8,15H,7H2,1-4H3. The summed E-state index contributed by atoms with van der Waals surface area (Å²) in [4.78, 5) is 4.63. The normalized spacial score (nSPS) is 11.6. The minimum atomic E-state index is 0.458. The maximum atomic E-state index is 6.14. The highest BCUT2D eigenvalue weighted by molar-refractivity contribution is 6.32. The second-order valence-electron chi connectivity index (χ2n) is 4.66. The maximum Gasteiger partial charge on any atom is 0.123 e. The first-order valence-corrected chi connectivity index (χ1v) is 6.22. The summed E-state index contributed by atoms with van der Waals surface area (Å²) in [7, 11) is 2.04. The monoisotopic (exact) mass is 251 g/mol. The minimum Gasteiger partial charge on any atom is -0.330 e. The van der Waals surface area contributed by atoms with Crippen molar-refractivity contribution in [2.24, 2.45) is 7.05 Å². The molecule has 1 N–H and O–H groups in total. The Morgan fingerprint density at radius 3 is 2.76 bits per heavy atom. The summed E-state index contributed by atoms with van der Waals surface area (Å²) in [6.45, 7) is 7.07. The van der Waals surface area contributed by atoms with Crippen molar-refractivity contribution in [2.75, 3.05) is 0 Å². The molecule has 2 aromatic rings. The van der Waals surface area contributed by atoms with Crippen LogP contribution in [0.3, 0.4) is 0 Å². The van der Waals surface area contributed by atoms with E-state index in [4.69, 9.17) is 11.6 Å². The van der Waals surface area contributed by atoms with Gasteiger partial charge < -0.3 is 9.88 Å². The third-order valence-electron chi connectivity index (χ3n) is 2.98. The second-order valence-corrected chi connectivity index (χ2v) is 5.07. The Balaban J connectivity index is 2.46. The molecule has 0 unspecified atom stereocenters. The van der Waals surface area contributed by atoms with E-state index in [1.807, 2.05) is 26.1 Å². The number of hydrogen-bond acceptors (Lipinski definition) is 2. The zero-order chi connectivity index (χ0) is 12.6. The number of nitrogens with zero attached hydrogens (tertiary/aromatic N) is 2. The molecular formula is C13H18ClN3. The average molecular weight is 252 g/mol. The molecule has 92 valence electrons. The van der Waals surface area contributed by atoms with E-state index >= 15 is 0 Å². The Labute approximate surface area is 107 Å². The van der Waals surface area contributed by atoms with Crippen molar-refractivity contribution in [2.45, 2.75) is 33.4 Å². The molecular weight excluding hydrogens is 234 g/mol. The molecule has 1 aromatic carbocycles. The Morgan fingerprint density at radius 1 is 1.41 bits per heavy atom. The predicted molar refractivity (Wildman–Crippen MR) is 72.4 cm³/mol. The van der Waals surface area contributed by atoms with E-state index in [2.05, 4.69) is 28.7 Å². The van der Waals surface area contributed by atoms with Gasteiger partial charge in [-0.25, -0.2) is 4.98 Å². The lowest BCUT2D eigenvalue weighted by Gasteiger charge is -2.08. The molecule has 4 heteroatoms. The first kappa shape index (κ1) is 12.4. The lowest BCUT2D eigenvalue weighted by Crippen LogP contribution is -2.23. The molecule has 17 heavy (non-hydrogen) atoms. The van der Waals surface area contributed by atoms with Gasteiger partial charge in [0.15, 0.2) is 0 Å². The largest absolute Gasteiger partial charge is 0.330 e. The van der Waals surface area contributed by atoms with Gasteiger partial charge >= 0.3 is 0 Å². The highest BCUT2D eigenvalue weighted by atomic mass is 35.5. The number of halogens is 1. The highest BCUT2D eigenvalue weighted by Crippen LogP contribution is 2.25. The van der Waals surface area contributed by atoms with Crippen LogP contribution in [0.1, 0.15) is 25.2 Å². The zero-order valence-corrected chi connectivity index (χ0v) is 11.5. The summed E-state index contributed by atoms with van der Waals surface area (Å²) in [5, 5.41) is 4.18. The van der Waals surface area contributed by atoms with Crippen molar-refractivity contribution in [1.82, 2.24) is 14.9 Å². The summed E-state index contributed by atoms with van der Waals surface area (Å²) < 4.78 is 2.12. The van der Waals surface area contributed by atoms with E-state index in [1.165, 1.54) is 0 Å². The molecule has 0 amide bonds. The van der Waals surface area contributed by atoms with Crippen LogP contribution in [0.2, 0.25) is 5.02 Å². The predicted octanol–water partition coefficient (Wildman–Crippen LogP) is 3.03. The topological polar surface area (TPSA) is 29.9 Å². The van der Waals surface area contributed by atoms with Crippen LogP contribution in [0.25, 0.3) is 11.0 Å². The number of benzene rings is 1. The zero-order valence-electron chi connectivity index (χ0n) is 10.7. The van der Waals surface area contributed by atoms with Crippen molar-refractivity contribution in [3.63, 3.8) is 0 Å². The molecule has 0 aliphatic rings. The van der Waals surface area contributed by atoms with E-state index in [9.17, 15) is 0 Å². The minimum absolute atomic E-state index is 0.458. The maximum absolute atomic E-state index is 6.14. The fourth-order valence-corrected chi connectivity index (χ4v) is 2.12. The van der Waals surface area contributed by atoms with Crippen LogP contribution in [0.15, 0.2) is 12.1 Å². The van der Waals surface area contributed by atoms with E-state index in [0.29, 0.717) is 6.04 Å². The van der Waals surface area contributed by atoms with Gasteiger partial charge in [0, 0.05) is 18.1 Å². The van der Waals surface area contributed by atoms with Gasteiger partial charge in [0.1, 0.15) is 5.82 Å². The van der Waals surface area contributed by atoms with Crippen LogP contribution in [0.5, 0.6) is 0 Å². The molecule has 3 nitrogen and oxygen atoms in total. The smallest absolute Gasteiger partial charge is 0.123 e. The first-order chi connectivity index (χ1) is 8.00. The van der Waals surface area contributed by atoms with Crippen LogP contribution in [-0.4, -0.2) is 15.6 Å². The van der Waals surface area contributed by atoms with E-state index in [1.54, 1.807) is 0 Å². The summed E-state index contributed by atoms with van der Waals surface area (Å²) in [6.07, 6.45) is 0. The number of fused-ring (bicyclic) bond motifs is 1. The van der Waals surface area contributed by atoms with Crippen LogP contribution >= 0.6 is 11.6 Å². The van der Waals surface area contributed by atoms with Crippen LogP contribution < -0.4 is 5.32 Å². The lowest BCUT2D eigenvalue weighted by molar-refractivity contribution is 0.563. The number of imidazole rings is 1. The summed E-state index contributed by atoms with van der Waals surface area (Å²) >= 11 is 6.14. The number of aromatic nitrogens is 2. The molecule has 0 aliphatic carbocycles. The Bertz CT molecular complexity index is 543. The Morgan fingerprint density at radius 2 is 2.12 bits per heavy atom. The van der Waals surface area contributed by atoms with Crippen LogP contribution in [-0.2, 0) is 13.6 Å². The molecule has 0 bridgehead atoms. The fraction of sp³-hybridized carbons (Fsp3) is 0.462. The van der Waals surface area contributed by atoms with Crippen molar-refractivity contribution in [3.05, 3.63) is 28.5 Å². The molecule has 0 fully saturated rings. The van der Waals surface area contributed by atoms with Gasteiger partial charge in [-0.05, 0) is 24.6 Å². The quantitative estimate of drug-likeness (QED) is 0.909. The van der Waals surface area contributed by atoms with Gasteiger partial charge in [0.05, 0.1) is 17.6 Å². The number of rotatable bonds is 3. The molecule has 0 aliphatic heterocycles. The molecule has 1 aromatic heterocycles. The van der Waals surface area contributed by atoms with Gasteiger partial charge in [-0.3, -0.25) is 0 Å². The van der Waals surface area contributed by atoms with Gasteiger partial charge in [-0.2, -0.15) is 0 Å². The molecule has 0 atom stereocenters. The van der Waals surface area contributed by atoms with E-state index < -0.39 is 0 Å². The first-order valence-electron chi connectivity index (χ1n) is 5.84. The van der Waals surface area contributed by atoms with Gasteiger partial charge in [0.2, 0.25) is 0 Å². The molecule has 0 saturated heterocycles. The van der Waals surface area contributed by atoms with E-state index in [-0.39, 0.29) is 0 Å². The number of hydrogen-bond donors (Lipinski definition) is 1. The van der Waals surface area contributed by atoms with Crippen molar-refractivity contribution >= 4 is 22.6 Å². The molecule has 1 heterocycles. The third-order valence-corrected chi connectivity index (χ3v) is 3.39. The Hall–Kier alpha value is -1.06. The summed E-state index contributed by atoms with van der Waals surface area (Å²) in [6, 6.07) is 4.34. The van der Waals surface area contributed by atoms with E-state index in [0.717, 1.165) is 34.0 Å². The molecule has 0 spiro atoms. The SMILES string of the molecule is Cc1c(Cl)ccc2nc(CNC(C)C)n(C)c12. The molecule has 0 saturated carbocycles. The summed E-state index contributed by atoms with van der Waals surface area (Å²) in [5.74, 6) is 1.04. The average Bonchev–Trinajstić information content (AvgIpc) is 2.59. The van der Waals surface area contributed by atoms with Gasteiger partial charge in [-0.1, -0.05) is 25.4 Å². The van der Waals surface area contributed by atoms with Crippen LogP contribution in [0.4, 0.5) is 0 Å².